The van der Waals surface area contributed by atoms with Crippen LogP contribution in [0.2, 0.25) is 0 Å². The molecule has 0 bridgehead atoms. The Morgan fingerprint density at radius 2 is 1.63 bits per heavy atom. The van der Waals surface area contributed by atoms with Crippen LogP contribution < -0.4 is 4.74 Å². The molecule has 3 aliphatic rings. The number of hydrogen-bond donors (Lipinski definition) is 0. The van der Waals surface area contributed by atoms with Gasteiger partial charge in [-0.2, -0.15) is 9.30 Å². The lowest BCUT2D eigenvalue weighted by atomic mass is 9.74. The third-order valence-corrected chi connectivity index (χ3v) is 10.4. The number of rotatable bonds is 17. The fraction of sp³-hybridized carbons (Fsp3) is 0.621. The zero-order valence-electron chi connectivity index (χ0n) is 26.3. The summed E-state index contributed by atoms with van der Waals surface area (Å²) < 4.78 is 35.1. The lowest BCUT2D eigenvalue weighted by Crippen LogP contribution is -2.44. The van der Waals surface area contributed by atoms with Crippen LogP contribution in [0.5, 0.6) is 5.75 Å². The lowest BCUT2D eigenvalue weighted by Gasteiger charge is -2.41. The first-order valence-corrected chi connectivity index (χ1v) is 16.9. The molecule has 1 atom stereocenters. The van der Waals surface area contributed by atoms with Crippen LogP contribution in [0.1, 0.15) is 71.3 Å². The van der Waals surface area contributed by atoms with Crippen LogP contribution in [0.3, 0.4) is 0 Å². The van der Waals surface area contributed by atoms with E-state index in [-0.39, 0.29) is 68.6 Å². The van der Waals surface area contributed by atoms with Crippen molar-refractivity contribution in [1.29, 1.82) is 0 Å². The summed E-state index contributed by atoms with van der Waals surface area (Å²) in [6.07, 6.45) is 5.22. The number of likely N-dealkylation sites (N-methyl/N-ethyl adjacent to an activating group) is 1. The lowest BCUT2D eigenvalue weighted by molar-refractivity contribution is -0.759. The van der Waals surface area contributed by atoms with Crippen LogP contribution in [0.15, 0.2) is 44.9 Å². The summed E-state index contributed by atoms with van der Waals surface area (Å²) in [5.74, 6) is 0.0674. The third kappa shape index (κ3) is 7.81. The van der Waals surface area contributed by atoms with Gasteiger partial charge in [-0.25, -0.2) is 13.4 Å². The van der Waals surface area contributed by atoms with Gasteiger partial charge in [0.25, 0.3) is 16.1 Å². The van der Waals surface area contributed by atoms with Gasteiger partial charge in [0.2, 0.25) is 10.0 Å². The summed E-state index contributed by atoms with van der Waals surface area (Å²) in [5, 5.41) is 19.6. The highest BCUT2D eigenvalue weighted by Gasteiger charge is 2.41. The van der Waals surface area contributed by atoms with E-state index in [1.54, 1.807) is 6.07 Å². The zero-order chi connectivity index (χ0) is 33.5. The topological polar surface area (TPSA) is 196 Å². The molecule has 0 aliphatic carbocycles. The Morgan fingerprint density at radius 1 is 0.978 bits per heavy atom. The van der Waals surface area contributed by atoms with Crippen LogP contribution in [-0.4, -0.2) is 90.7 Å². The number of ether oxygens (including phenoxy) is 1. The molecule has 0 N–H and O–H groups in total. The van der Waals surface area contributed by atoms with Gasteiger partial charge < -0.3 is 19.3 Å². The van der Waals surface area contributed by atoms with Gasteiger partial charge in [0.1, 0.15) is 5.75 Å². The summed E-state index contributed by atoms with van der Waals surface area (Å²) in [7, 11) is -4.05. The van der Waals surface area contributed by atoms with Crippen molar-refractivity contribution in [2.45, 2.75) is 76.7 Å². The molecule has 1 unspecified atom stereocenters. The first-order chi connectivity index (χ1) is 21.9. The number of aliphatic imine (C=N–C) groups is 2. The molecule has 17 heteroatoms. The highest BCUT2D eigenvalue weighted by molar-refractivity contribution is 7.89. The summed E-state index contributed by atoms with van der Waals surface area (Å²) >= 11 is 0. The molecule has 0 radical (unpaired) electrons. The Hall–Kier alpha value is -4.12. The van der Waals surface area contributed by atoms with Gasteiger partial charge >= 0.3 is 0 Å². The van der Waals surface area contributed by atoms with E-state index in [0.717, 1.165) is 18.4 Å². The van der Waals surface area contributed by atoms with Gasteiger partial charge in [0, 0.05) is 25.8 Å². The molecular formula is C29H40N6O10S. The van der Waals surface area contributed by atoms with Gasteiger partial charge in [-0.05, 0) is 74.6 Å². The number of benzene rings is 1. The number of amides is 1. The van der Waals surface area contributed by atoms with Crippen LogP contribution in [0, 0.1) is 25.6 Å². The average molecular weight is 665 g/mol. The fourth-order valence-electron chi connectivity index (χ4n) is 6.06. The second-order valence-corrected chi connectivity index (χ2v) is 13.4. The van der Waals surface area contributed by atoms with Crippen molar-refractivity contribution in [2.75, 3.05) is 39.5 Å². The molecule has 46 heavy (non-hydrogen) atoms. The predicted molar refractivity (Wildman–Crippen MR) is 166 cm³/mol. The van der Waals surface area contributed by atoms with E-state index in [9.17, 15) is 33.4 Å². The molecule has 252 valence electrons. The highest BCUT2D eigenvalue weighted by atomic mass is 32.2. The van der Waals surface area contributed by atoms with E-state index in [2.05, 4.69) is 14.7 Å². The Balaban J connectivity index is 1.62. The van der Waals surface area contributed by atoms with Crippen molar-refractivity contribution >= 4 is 27.5 Å². The maximum Gasteiger partial charge on any atom is 0.294 e. The molecule has 0 aromatic heterocycles. The van der Waals surface area contributed by atoms with E-state index in [1.807, 2.05) is 31.9 Å². The molecule has 4 rings (SSSR count). The van der Waals surface area contributed by atoms with Gasteiger partial charge in [-0.3, -0.25) is 4.79 Å². The number of hydrogen-bond acceptors (Lipinski definition) is 12. The normalized spacial score (nSPS) is 19.5. The summed E-state index contributed by atoms with van der Waals surface area (Å²) in [6.45, 7) is 6.59. The number of sulfonamides is 1. The van der Waals surface area contributed by atoms with Crippen molar-refractivity contribution in [2.24, 2.45) is 15.4 Å². The molecule has 1 fully saturated rings. The van der Waals surface area contributed by atoms with Crippen molar-refractivity contribution in [3.8, 4) is 5.75 Å². The highest BCUT2D eigenvalue weighted by Crippen LogP contribution is 2.40. The zero-order valence-corrected chi connectivity index (χ0v) is 27.1. The molecule has 0 saturated carbocycles. The van der Waals surface area contributed by atoms with Crippen LogP contribution in [-0.2, 0) is 24.5 Å². The van der Waals surface area contributed by atoms with E-state index < -0.39 is 31.7 Å². The average Bonchev–Trinajstić information content (AvgIpc) is 3.38. The van der Waals surface area contributed by atoms with E-state index >= 15 is 0 Å². The maximum absolute atomic E-state index is 13.9. The largest absolute Gasteiger partial charge is 0.493 e. The molecule has 1 saturated heterocycles. The smallest absolute Gasteiger partial charge is 0.294 e. The van der Waals surface area contributed by atoms with Crippen LogP contribution in [0.25, 0.3) is 0 Å². The Morgan fingerprint density at radius 3 is 2.20 bits per heavy atom. The molecule has 16 nitrogen and oxygen atoms in total. The standard InChI is InChI=1S/C29H40N6O10S/c1-4-7-21-20-32(6-3)26-25(21)30-27(31-28(26)36)23-19-22(8-9-24(23)43-16-5-2)46(41,42)33-14-10-29(11-15-33,12-17-44-34(37)38)13-18-45-35(39)40/h8-9,19-20,26H,4-7,10-18H2,1-3H3. The predicted octanol–water partition coefficient (Wildman–Crippen LogP) is 3.56. The number of carbonyl (C=O) groups is 1. The van der Waals surface area contributed by atoms with E-state index in [1.165, 1.54) is 16.4 Å². The number of carbonyl (C=O) groups excluding carboxylic acids is 1. The molecule has 1 amide bonds. The summed E-state index contributed by atoms with van der Waals surface area (Å²) in [6, 6.07) is 3.82. The number of amidine groups is 1. The third-order valence-electron chi connectivity index (χ3n) is 8.53. The molecular weight excluding hydrogens is 624 g/mol. The van der Waals surface area contributed by atoms with Crippen molar-refractivity contribution in [3.05, 3.63) is 55.8 Å². The van der Waals surface area contributed by atoms with Crippen molar-refractivity contribution < 1.29 is 37.8 Å². The van der Waals surface area contributed by atoms with Crippen LogP contribution in [0.4, 0.5) is 0 Å². The number of fused-ring (bicyclic) bond motifs is 1. The minimum Gasteiger partial charge on any atom is -0.493 e. The minimum absolute atomic E-state index is 0.0318. The maximum atomic E-state index is 13.9. The number of nitrogens with zero attached hydrogens (tertiary/aromatic N) is 6. The monoisotopic (exact) mass is 664 g/mol. The quantitative estimate of drug-likeness (QED) is 0.174. The summed E-state index contributed by atoms with van der Waals surface area (Å²) in [5.41, 5.74) is 1.20. The Labute approximate surface area is 267 Å². The van der Waals surface area contributed by atoms with E-state index in [0.29, 0.717) is 36.6 Å². The first kappa shape index (κ1) is 34.7. The first-order valence-electron chi connectivity index (χ1n) is 15.4. The molecule has 1 aromatic rings. The van der Waals surface area contributed by atoms with Crippen LogP contribution >= 0.6 is 0 Å². The Kier molecular flexibility index (Phi) is 11.3. The van der Waals surface area contributed by atoms with Crippen molar-refractivity contribution in [1.82, 2.24) is 9.21 Å². The molecule has 1 aromatic carbocycles. The van der Waals surface area contributed by atoms with Gasteiger partial charge in [0.05, 0.1) is 36.0 Å². The van der Waals surface area contributed by atoms with Gasteiger partial charge in [0.15, 0.2) is 11.9 Å². The van der Waals surface area contributed by atoms with Crippen molar-refractivity contribution in [3.63, 3.8) is 0 Å². The molecule has 3 heterocycles. The Bertz CT molecular complexity index is 1500. The fourth-order valence-corrected chi connectivity index (χ4v) is 7.52. The molecule has 0 spiro atoms. The van der Waals surface area contributed by atoms with Gasteiger partial charge in [-0.1, -0.05) is 20.3 Å². The van der Waals surface area contributed by atoms with E-state index in [4.69, 9.17) is 9.73 Å². The second-order valence-electron chi connectivity index (χ2n) is 11.4. The SMILES string of the molecule is CCCOc1ccc(S(=O)(=O)N2CCC(CCO[N+](=O)[O-])(CCO[N+](=O)[O-])CC2)cc1C1=NC(=O)C2C(=N1)C(CCC)=CN2CC. The second kappa shape index (κ2) is 15.0. The molecule has 3 aliphatic heterocycles. The summed E-state index contributed by atoms with van der Waals surface area (Å²) in [4.78, 5) is 54.6. The van der Waals surface area contributed by atoms with Gasteiger partial charge in [-0.15, -0.1) is 20.2 Å². The number of piperidine rings is 1. The minimum atomic E-state index is -4.05.